The number of nitrogens with zero attached hydrogens (tertiary/aromatic N) is 2. The van der Waals surface area contributed by atoms with E-state index < -0.39 is 11.8 Å². The summed E-state index contributed by atoms with van der Waals surface area (Å²) in [6, 6.07) is 18.5. The molecule has 0 saturated carbocycles. The van der Waals surface area contributed by atoms with Crippen LogP contribution in [0.25, 0.3) is 10.8 Å². The predicted octanol–water partition coefficient (Wildman–Crippen LogP) is 4.65. The summed E-state index contributed by atoms with van der Waals surface area (Å²) in [5, 5.41) is 7.15. The van der Waals surface area contributed by atoms with Gasteiger partial charge in [0, 0.05) is 5.56 Å². The minimum atomic E-state index is -0.412. The SMILES string of the molecule is CCCCOc1ccc2ccccc2c1/C=N\N1C(=O)c2ccccc2C1=O. The van der Waals surface area contributed by atoms with Crippen molar-refractivity contribution in [3.63, 3.8) is 0 Å². The maximum absolute atomic E-state index is 12.5. The van der Waals surface area contributed by atoms with Gasteiger partial charge in [0.25, 0.3) is 11.8 Å². The number of amides is 2. The van der Waals surface area contributed by atoms with E-state index in [0.29, 0.717) is 23.5 Å². The molecule has 2 amide bonds. The van der Waals surface area contributed by atoms with E-state index in [4.69, 9.17) is 4.74 Å². The van der Waals surface area contributed by atoms with Crippen LogP contribution in [0.4, 0.5) is 0 Å². The summed E-state index contributed by atoms with van der Waals surface area (Å²) in [4.78, 5) is 25.1. The van der Waals surface area contributed by atoms with Gasteiger partial charge in [-0.1, -0.05) is 55.8 Å². The molecule has 0 aromatic heterocycles. The van der Waals surface area contributed by atoms with Crippen molar-refractivity contribution in [2.75, 3.05) is 6.61 Å². The lowest BCUT2D eigenvalue weighted by Gasteiger charge is -2.12. The number of hydrogen-bond acceptors (Lipinski definition) is 4. The molecule has 1 heterocycles. The maximum atomic E-state index is 12.5. The Morgan fingerprint density at radius 3 is 2.32 bits per heavy atom. The zero-order chi connectivity index (χ0) is 19.5. The summed E-state index contributed by atoms with van der Waals surface area (Å²) in [5.74, 6) is -0.136. The monoisotopic (exact) mass is 372 g/mol. The van der Waals surface area contributed by atoms with Crippen LogP contribution >= 0.6 is 0 Å². The highest BCUT2D eigenvalue weighted by Gasteiger charge is 2.35. The highest BCUT2D eigenvalue weighted by Crippen LogP contribution is 2.28. The number of ether oxygens (including phenoxy) is 1. The number of hydrogen-bond donors (Lipinski definition) is 0. The molecule has 0 unspecified atom stereocenters. The molecule has 4 rings (SSSR count). The summed E-state index contributed by atoms with van der Waals surface area (Å²) in [6.07, 6.45) is 3.53. The van der Waals surface area contributed by atoms with Crippen LogP contribution in [0.15, 0.2) is 65.8 Å². The Balaban J connectivity index is 1.71. The Morgan fingerprint density at radius 2 is 1.61 bits per heavy atom. The van der Waals surface area contributed by atoms with Gasteiger partial charge in [-0.15, -0.1) is 0 Å². The lowest BCUT2D eigenvalue weighted by molar-refractivity contribution is 0.0660. The first-order chi connectivity index (χ1) is 13.7. The number of hydrazone groups is 1. The molecule has 0 N–H and O–H groups in total. The number of fused-ring (bicyclic) bond motifs is 2. The zero-order valence-electron chi connectivity index (χ0n) is 15.6. The van der Waals surface area contributed by atoms with Crippen LogP contribution in [0.1, 0.15) is 46.0 Å². The van der Waals surface area contributed by atoms with Gasteiger partial charge in [-0.05, 0) is 35.4 Å². The first kappa shape index (κ1) is 17.9. The van der Waals surface area contributed by atoms with Crippen LogP contribution in [-0.4, -0.2) is 29.6 Å². The second-order valence-corrected chi connectivity index (χ2v) is 6.61. The Hall–Kier alpha value is -3.47. The number of imide groups is 1. The summed E-state index contributed by atoms with van der Waals surface area (Å²) in [6.45, 7) is 2.71. The van der Waals surface area contributed by atoms with Crippen molar-refractivity contribution in [2.24, 2.45) is 5.10 Å². The summed E-state index contributed by atoms with van der Waals surface area (Å²) >= 11 is 0. The molecule has 3 aromatic carbocycles. The molecule has 140 valence electrons. The third-order valence-electron chi connectivity index (χ3n) is 4.76. The van der Waals surface area contributed by atoms with E-state index in [1.807, 2.05) is 36.4 Å². The van der Waals surface area contributed by atoms with E-state index in [1.165, 1.54) is 0 Å². The van der Waals surface area contributed by atoms with Crippen LogP contribution < -0.4 is 4.74 Å². The van der Waals surface area contributed by atoms with Gasteiger partial charge < -0.3 is 4.74 Å². The summed E-state index contributed by atoms with van der Waals surface area (Å²) < 4.78 is 5.94. The second-order valence-electron chi connectivity index (χ2n) is 6.61. The average molecular weight is 372 g/mol. The molecule has 0 spiro atoms. The fourth-order valence-electron chi connectivity index (χ4n) is 3.26. The molecule has 0 atom stereocenters. The van der Waals surface area contributed by atoms with Crippen molar-refractivity contribution in [3.05, 3.63) is 77.4 Å². The van der Waals surface area contributed by atoms with Crippen molar-refractivity contribution in [2.45, 2.75) is 19.8 Å². The van der Waals surface area contributed by atoms with Crippen molar-refractivity contribution in [1.82, 2.24) is 5.01 Å². The Bertz CT molecular complexity index is 1050. The molecule has 0 radical (unpaired) electrons. The zero-order valence-corrected chi connectivity index (χ0v) is 15.6. The standard InChI is InChI=1S/C23H20N2O3/c1-2-3-14-28-21-13-12-16-8-4-5-9-17(16)20(21)15-24-25-22(26)18-10-6-7-11-19(18)23(25)27/h4-13,15H,2-3,14H2,1H3/b24-15-. The first-order valence-electron chi connectivity index (χ1n) is 9.37. The Morgan fingerprint density at radius 1 is 0.929 bits per heavy atom. The Kier molecular flexibility index (Phi) is 4.89. The topological polar surface area (TPSA) is 59.0 Å². The summed E-state index contributed by atoms with van der Waals surface area (Å²) in [7, 11) is 0. The van der Waals surface area contributed by atoms with E-state index in [9.17, 15) is 9.59 Å². The number of unbranched alkanes of at least 4 members (excludes halogenated alkanes) is 1. The molecule has 0 bridgehead atoms. The second kappa shape index (κ2) is 7.64. The molecule has 0 aliphatic carbocycles. The third-order valence-corrected chi connectivity index (χ3v) is 4.76. The fraction of sp³-hybridized carbons (Fsp3) is 0.174. The molecule has 5 nitrogen and oxygen atoms in total. The van der Waals surface area contributed by atoms with Crippen LogP contribution in [0.2, 0.25) is 0 Å². The van der Waals surface area contributed by atoms with E-state index in [1.54, 1.807) is 30.5 Å². The highest BCUT2D eigenvalue weighted by atomic mass is 16.5. The van der Waals surface area contributed by atoms with Gasteiger partial charge >= 0.3 is 0 Å². The highest BCUT2D eigenvalue weighted by molar-refractivity contribution is 6.21. The minimum Gasteiger partial charge on any atom is -0.493 e. The lowest BCUT2D eigenvalue weighted by Crippen LogP contribution is -2.24. The Labute approximate surface area is 163 Å². The number of rotatable bonds is 6. The molecule has 1 aliphatic rings. The van der Waals surface area contributed by atoms with E-state index in [0.717, 1.165) is 34.2 Å². The number of carbonyl (C=O) groups is 2. The van der Waals surface area contributed by atoms with Crippen LogP contribution in [-0.2, 0) is 0 Å². The molecule has 1 aliphatic heterocycles. The lowest BCUT2D eigenvalue weighted by atomic mass is 10.0. The van der Waals surface area contributed by atoms with E-state index >= 15 is 0 Å². The minimum absolute atomic E-state index is 0.377. The predicted molar refractivity (Wildman–Crippen MR) is 109 cm³/mol. The molecular formula is C23H20N2O3. The molecule has 3 aromatic rings. The number of carbonyl (C=O) groups excluding carboxylic acids is 2. The normalized spacial score (nSPS) is 13.5. The van der Waals surface area contributed by atoms with Crippen LogP contribution in [0, 0.1) is 0 Å². The molecule has 0 saturated heterocycles. The van der Waals surface area contributed by atoms with Gasteiger partial charge in [0.2, 0.25) is 0 Å². The first-order valence-corrected chi connectivity index (χ1v) is 9.37. The maximum Gasteiger partial charge on any atom is 0.282 e. The van der Waals surface area contributed by atoms with Crippen LogP contribution in [0.3, 0.4) is 0 Å². The van der Waals surface area contributed by atoms with Gasteiger partial charge in [0.15, 0.2) is 0 Å². The van der Waals surface area contributed by atoms with Gasteiger partial charge in [0.05, 0.1) is 23.9 Å². The average Bonchev–Trinajstić information content (AvgIpc) is 2.97. The summed E-state index contributed by atoms with van der Waals surface area (Å²) in [5.41, 5.74) is 1.51. The van der Waals surface area contributed by atoms with Gasteiger partial charge in [0.1, 0.15) is 5.75 Å². The van der Waals surface area contributed by atoms with Gasteiger partial charge in [-0.3, -0.25) is 9.59 Å². The van der Waals surface area contributed by atoms with Crippen LogP contribution in [0.5, 0.6) is 5.75 Å². The fourth-order valence-corrected chi connectivity index (χ4v) is 3.26. The van der Waals surface area contributed by atoms with Gasteiger partial charge in [-0.2, -0.15) is 10.1 Å². The molecule has 0 fully saturated rings. The van der Waals surface area contributed by atoms with E-state index in [2.05, 4.69) is 12.0 Å². The number of benzene rings is 3. The largest absolute Gasteiger partial charge is 0.493 e. The quantitative estimate of drug-likeness (QED) is 0.359. The third kappa shape index (κ3) is 3.16. The van der Waals surface area contributed by atoms with Crippen molar-refractivity contribution < 1.29 is 14.3 Å². The van der Waals surface area contributed by atoms with Crippen molar-refractivity contribution in [1.29, 1.82) is 0 Å². The van der Waals surface area contributed by atoms with Crippen molar-refractivity contribution >= 4 is 28.8 Å². The molecule has 28 heavy (non-hydrogen) atoms. The van der Waals surface area contributed by atoms with E-state index in [-0.39, 0.29) is 0 Å². The van der Waals surface area contributed by atoms with Crippen molar-refractivity contribution in [3.8, 4) is 5.75 Å². The smallest absolute Gasteiger partial charge is 0.282 e. The molecule has 5 heteroatoms. The molecular weight excluding hydrogens is 352 g/mol. The van der Waals surface area contributed by atoms with Gasteiger partial charge in [-0.25, -0.2) is 0 Å².